The highest BCUT2D eigenvalue weighted by Gasteiger charge is 2.28. The van der Waals surface area contributed by atoms with Crippen molar-refractivity contribution < 1.29 is 4.74 Å². The normalized spacial score (nSPS) is 14.3. The van der Waals surface area contributed by atoms with E-state index in [4.69, 9.17) is 10.5 Å². The van der Waals surface area contributed by atoms with Crippen LogP contribution in [-0.4, -0.2) is 11.7 Å². The van der Waals surface area contributed by atoms with E-state index in [2.05, 4.69) is 0 Å². The summed E-state index contributed by atoms with van der Waals surface area (Å²) in [5.74, 6) is 0.779. The summed E-state index contributed by atoms with van der Waals surface area (Å²) < 4.78 is 7.29. The molecule has 2 aromatic rings. The van der Waals surface area contributed by atoms with Gasteiger partial charge in [0.1, 0.15) is 5.75 Å². The summed E-state index contributed by atoms with van der Waals surface area (Å²) in [5.41, 5.74) is 8.19. The van der Waals surface area contributed by atoms with Gasteiger partial charge in [-0.1, -0.05) is 18.2 Å². The SMILES string of the molecule is COc1ccccc1-c1ccc(CN)c(=O)n1C1CC1. The maximum atomic E-state index is 12.5. The summed E-state index contributed by atoms with van der Waals surface area (Å²) in [6, 6.07) is 11.9. The lowest BCUT2D eigenvalue weighted by Crippen LogP contribution is -2.25. The van der Waals surface area contributed by atoms with Crippen LogP contribution in [0.1, 0.15) is 24.4 Å². The highest BCUT2D eigenvalue weighted by atomic mass is 16.5. The fraction of sp³-hybridized carbons (Fsp3) is 0.312. The van der Waals surface area contributed by atoms with Gasteiger partial charge in [0.2, 0.25) is 0 Å². The summed E-state index contributed by atoms with van der Waals surface area (Å²) in [5, 5.41) is 0. The Hall–Kier alpha value is -2.07. The first-order chi connectivity index (χ1) is 9.76. The Morgan fingerprint density at radius 3 is 2.65 bits per heavy atom. The van der Waals surface area contributed by atoms with Gasteiger partial charge in [0.15, 0.2) is 0 Å². The number of hydrogen-bond donors (Lipinski definition) is 1. The van der Waals surface area contributed by atoms with Crippen LogP contribution in [0.15, 0.2) is 41.2 Å². The third-order valence-electron chi connectivity index (χ3n) is 3.71. The van der Waals surface area contributed by atoms with Crippen LogP contribution in [0.4, 0.5) is 0 Å². The number of pyridine rings is 1. The van der Waals surface area contributed by atoms with Gasteiger partial charge >= 0.3 is 0 Å². The molecule has 0 amide bonds. The predicted molar refractivity (Wildman–Crippen MR) is 78.9 cm³/mol. The lowest BCUT2D eigenvalue weighted by Gasteiger charge is -2.16. The number of methoxy groups -OCH3 is 1. The summed E-state index contributed by atoms with van der Waals surface area (Å²) in [4.78, 5) is 12.5. The van der Waals surface area contributed by atoms with Crippen molar-refractivity contribution in [2.45, 2.75) is 25.4 Å². The van der Waals surface area contributed by atoms with Gasteiger partial charge in [0.05, 0.1) is 12.8 Å². The molecule has 0 radical (unpaired) electrons. The minimum atomic E-state index is 0.0263. The van der Waals surface area contributed by atoms with E-state index < -0.39 is 0 Å². The van der Waals surface area contributed by atoms with Crippen LogP contribution in [0.5, 0.6) is 5.75 Å². The van der Waals surface area contributed by atoms with Gasteiger partial charge in [-0.3, -0.25) is 4.79 Å². The first-order valence-electron chi connectivity index (χ1n) is 6.84. The van der Waals surface area contributed by atoms with E-state index in [-0.39, 0.29) is 12.1 Å². The van der Waals surface area contributed by atoms with E-state index in [1.54, 1.807) is 7.11 Å². The molecule has 1 aromatic heterocycles. The zero-order valence-corrected chi connectivity index (χ0v) is 11.5. The quantitative estimate of drug-likeness (QED) is 0.927. The summed E-state index contributed by atoms with van der Waals surface area (Å²) in [6.45, 7) is 0.276. The summed E-state index contributed by atoms with van der Waals surface area (Å²) in [6.07, 6.45) is 2.10. The van der Waals surface area contributed by atoms with Gasteiger partial charge in [-0.05, 0) is 31.0 Å². The average molecular weight is 270 g/mol. The number of nitrogens with two attached hydrogens (primary N) is 1. The molecular weight excluding hydrogens is 252 g/mol. The van der Waals surface area contributed by atoms with Crippen molar-refractivity contribution in [3.63, 3.8) is 0 Å². The fourth-order valence-electron chi connectivity index (χ4n) is 2.52. The molecule has 4 heteroatoms. The Labute approximate surface area is 117 Å². The van der Waals surface area contributed by atoms with E-state index in [0.717, 1.165) is 29.8 Å². The first-order valence-corrected chi connectivity index (χ1v) is 6.84. The zero-order valence-electron chi connectivity index (χ0n) is 11.5. The zero-order chi connectivity index (χ0) is 14.1. The number of benzene rings is 1. The molecule has 1 saturated carbocycles. The van der Waals surface area contributed by atoms with Crippen LogP contribution >= 0.6 is 0 Å². The largest absolute Gasteiger partial charge is 0.496 e. The predicted octanol–water partition coefficient (Wildman–Crippen LogP) is 2.32. The second-order valence-corrected chi connectivity index (χ2v) is 5.05. The molecule has 104 valence electrons. The molecule has 0 saturated heterocycles. The van der Waals surface area contributed by atoms with Gasteiger partial charge in [0, 0.05) is 23.7 Å². The van der Waals surface area contributed by atoms with Crippen molar-refractivity contribution in [1.29, 1.82) is 0 Å². The third-order valence-corrected chi connectivity index (χ3v) is 3.71. The van der Waals surface area contributed by atoms with E-state index >= 15 is 0 Å². The van der Waals surface area contributed by atoms with Gasteiger partial charge in [0.25, 0.3) is 5.56 Å². The van der Waals surface area contributed by atoms with Crippen LogP contribution in [-0.2, 0) is 6.54 Å². The van der Waals surface area contributed by atoms with Crippen LogP contribution in [0.25, 0.3) is 11.3 Å². The molecule has 1 aliphatic carbocycles. The van der Waals surface area contributed by atoms with Crippen LogP contribution in [0, 0.1) is 0 Å². The lowest BCUT2D eigenvalue weighted by atomic mass is 10.1. The van der Waals surface area contributed by atoms with Crippen molar-refractivity contribution in [2.24, 2.45) is 5.73 Å². The second-order valence-electron chi connectivity index (χ2n) is 5.05. The molecular formula is C16H18N2O2. The van der Waals surface area contributed by atoms with Crippen molar-refractivity contribution >= 4 is 0 Å². The molecule has 1 aliphatic rings. The van der Waals surface area contributed by atoms with Crippen molar-refractivity contribution in [3.8, 4) is 17.0 Å². The minimum absolute atomic E-state index is 0.0263. The van der Waals surface area contributed by atoms with Crippen LogP contribution in [0.2, 0.25) is 0 Å². The molecule has 1 heterocycles. The molecule has 2 N–H and O–H groups in total. The highest BCUT2D eigenvalue weighted by molar-refractivity contribution is 5.68. The molecule has 0 atom stereocenters. The molecule has 4 nitrogen and oxygen atoms in total. The van der Waals surface area contributed by atoms with Gasteiger partial charge in [-0.2, -0.15) is 0 Å². The topological polar surface area (TPSA) is 57.2 Å². The number of para-hydroxylation sites is 1. The number of nitrogens with zero attached hydrogens (tertiary/aromatic N) is 1. The Kier molecular flexibility index (Phi) is 3.32. The molecule has 20 heavy (non-hydrogen) atoms. The van der Waals surface area contributed by atoms with Crippen LogP contribution < -0.4 is 16.0 Å². The number of ether oxygens (including phenoxy) is 1. The molecule has 3 rings (SSSR count). The summed E-state index contributed by atoms with van der Waals surface area (Å²) >= 11 is 0. The Bertz CT molecular complexity index is 687. The van der Waals surface area contributed by atoms with Crippen LogP contribution in [0.3, 0.4) is 0 Å². The van der Waals surface area contributed by atoms with Gasteiger partial charge < -0.3 is 15.0 Å². The molecule has 0 unspecified atom stereocenters. The second kappa shape index (κ2) is 5.13. The molecule has 1 fully saturated rings. The third kappa shape index (κ3) is 2.12. The van der Waals surface area contributed by atoms with E-state index in [9.17, 15) is 4.79 Å². The fourth-order valence-corrected chi connectivity index (χ4v) is 2.52. The monoisotopic (exact) mass is 270 g/mol. The van der Waals surface area contributed by atoms with Crippen molar-refractivity contribution in [2.75, 3.05) is 7.11 Å². The van der Waals surface area contributed by atoms with Crippen molar-refractivity contribution in [3.05, 3.63) is 52.3 Å². The smallest absolute Gasteiger partial charge is 0.255 e. The number of hydrogen-bond acceptors (Lipinski definition) is 3. The Morgan fingerprint density at radius 1 is 1.25 bits per heavy atom. The lowest BCUT2D eigenvalue weighted by molar-refractivity contribution is 0.416. The average Bonchev–Trinajstić information content (AvgIpc) is 3.31. The van der Waals surface area contributed by atoms with Crippen molar-refractivity contribution in [1.82, 2.24) is 4.57 Å². The maximum Gasteiger partial charge on any atom is 0.255 e. The first kappa shape index (κ1) is 12.9. The highest BCUT2D eigenvalue weighted by Crippen LogP contribution is 2.39. The summed E-state index contributed by atoms with van der Waals surface area (Å²) in [7, 11) is 1.65. The maximum absolute atomic E-state index is 12.5. The molecule has 1 aromatic carbocycles. The standard InChI is InChI=1S/C16H18N2O2/c1-20-15-5-3-2-4-13(15)14-9-6-11(10-17)16(19)18(14)12-7-8-12/h2-6,9,12H,7-8,10,17H2,1H3. The Balaban J connectivity index is 2.23. The van der Waals surface area contributed by atoms with E-state index in [1.165, 1.54) is 0 Å². The molecule has 0 spiro atoms. The van der Waals surface area contributed by atoms with E-state index in [1.807, 2.05) is 41.0 Å². The van der Waals surface area contributed by atoms with E-state index in [0.29, 0.717) is 11.6 Å². The van der Waals surface area contributed by atoms with Gasteiger partial charge in [-0.15, -0.1) is 0 Å². The Morgan fingerprint density at radius 2 is 2.00 bits per heavy atom. The molecule has 0 bridgehead atoms. The number of aromatic nitrogens is 1. The number of rotatable bonds is 4. The molecule has 0 aliphatic heterocycles. The van der Waals surface area contributed by atoms with Gasteiger partial charge in [-0.25, -0.2) is 0 Å². The minimum Gasteiger partial charge on any atom is -0.496 e.